The van der Waals surface area contributed by atoms with E-state index in [0.717, 1.165) is 24.4 Å². The van der Waals surface area contributed by atoms with Gasteiger partial charge in [0.25, 0.3) is 0 Å². The van der Waals surface area contributed by atoms with Crippen LogP contribution in [0.5, 0.6) is 0 Å². The van der Waals surface area contributed by atoms with Crippen molar-refractivity contribution in [1.82, 2.24) is 15.1 Å². The Morgan fingerprint density at radius 3 is 2.55 bits per heavy atom. The van der Waals surface area contributed by atoms with E-state index in [2.05, 4.69) is 24.3 Å². The number of hydrogen-bond donors (Lipinski definition) is 1. The van der Waals surface area contributed by atoms with E-state index in [4.69, 9.17) is 0 Å². The Balaban J connectivity index is 1.56. The SMILES string of the molecule is Cc1nn(C)c(C)c1CNC1CCC2CCCCC2C1. The van der Waals surface area contributed by atoms with E-state index in [1.807, 2.05) is 11.7 Å². The maximum absolute atomic E-state index is 4.52. The quantitative estimate of drug-likeness (QED) is 0.915. The first-order valence-corrected chi connectivity index (χ1v) is 8.37. The smallest absolute Gasteiger partial charge is 0.0641 e. The lowest BCUT2D eigenvalue weighted by Crippen LogP contribution is -2.38. The van der Waals surface area contributed by atoms with Crippen molar-refractivity contribution in [2.24, 2.45) is 18.9 Å². The lowest BCUT2D eigenvalue weighted by molar-refractivity contribution is 0.143. The fourth-order valence-electron chi connectivity index (χ4n) is 4.38. The Kier molecular flexibility index (Phi) is 4.16. The summed E-state index contributed by atoms with van der Waals surface area (Å²) in [5.74, 6) is 2.05. The first-order chi connectivity index (χ1) is 9.65. The van der Waals surface area contributed by atoms with Crippen LogP contribution in [0, 0.1) is 25.7 Å². The summed E-state index contributed by atoms with van der Waals surface area (Å²) in [5, 5.41) is 8.33. The predicted octanol–water partition coefficient (Wildman–Crippen LogP) is 3.49. The number of hydrogen-bond acceptors (Lipinski definition) is 2. The van der Waals surface area contributed by atoms with E-state index < -0.39 is 0 Å². The van der Waals surface area contributed by atoms with E-state index >= 15 is 0 Å². The van der Waals surface area contributed by atoms with E-state index in [0.29, 0.717) is 0 Å². The minimum absolute atomic E-state index is 0.730. The van der Waals surface area contributed by atoms with Crippen molar-refractivity contribution >= 4 is 0 Å². The number of rotatable bonds is 3. The third kappa shape index (κ3) is 2.78. The molecule has 2 aliphatic carbocycles. The van der Waals surface area contributed by atoms with Gasteiger partial charge in [-0.2, -0.15) is 5.10 Å². The summed E-state index contributed by atoms with van der Waals surface area (Å²) in [4.78, 5) is 0. The van der Waals surface area contributed by atoms with Crippen molar-refractivity contribution in [3.63, 3.8) is 0 Å². The topological polar surface area (TPSA) is 29.9 Å². The van der Waals surface area contributed by atoms with Gasteiger partial charge in [0.15, 0.2) is 0 Å². The molecule has 2 aliphatic rings. The van der Waals surface area contributed by atoms with Gasteiger partial charge >= 0.3 is 0 Å². The number of aromatic nitrogens is 2. The van der Waals surface area contributed by atoms with E-state index in [9.17, 15) is 0 Å². The minimum atomic E-state index is 0.730. The summed E-state index contributed by atoms with van der Waals surface area (Å²) in [6.45, 7) is 5.30. The van der Waals surface area contributed by atoms with Crippen molar-refractivity contribution in [3.8, 4) is 0 Å². The van der Waals surface area contributed by atoms with Gasteiger partial charge in [-0.25, -0.2) is 0 Å². The van der Waals surface area contributed by atoms with Gasteiger partial charge in [0.2, 0.25) is 0 Å². The van der Waals surface area contributed by atoms with Gasteiger partial charge in [-0.05, 0) is 44.9 Å². The fourth-order valence-corrected chi connectivity index (χ4v) is 4.38. The Morgan fingerprint density at radius 2 is 1.85 bits per heavy atom. The van der Waals surface area contributed by atoms with Crippen molar-refractivity contribution in [3.05, 3.63) is 17.0 Å². The third-order valence-electron chi connectivity index (χ3n) is 5.77. The number of nitrogens with one attached hydrogen (secondary N) is 1. The van der Waals surface area contributed by atoms with Gasteiger partial charge in [0.05, 0.1) is 5.69 Å². The molecule has 3 nitrogen and oxygen atoms in total. The summed E-state index contributed by atoms with van der Waals surface area (Å²) < 4.78 is 2.00. The van der Waals surface area contributed by atoms with E-state index in [-0.39, 0.29) is 0 Å². The van der Waals surface area contributed by atoms with Crippen molar-refractivity contribution in [2.45, 2.75) is 71.4 Å². The molecule has 1 aromatic rings. The van der Waals surface area contributed by atoms with Crippen LogP contribution in [0.4, 0.5) is 0 Å². The zero-order valence-electron chi connectivity index (χ0n) is 13.3. The highest BCUT2D eigenvalue weighted by atomic mass is 15.3. The average molecular weight is 275 g/mol. The molecule has 0 radical (unpaired) electrons. The molecule has 3 atom stereocenters. The monoisotopic (exact) mass is 275 g/mol. The Bertz CT molecular complexity index is 463. The molecule has 0 bridgehead atoms. The van der Waals surface area contributed by atoms with Crippen molar-refractivity contribution in [2.75, 3.05) is 0 Å². The van der Waals surface area contributed by atoms with Gasteiger partial charge in [-0.3, -0.25) is 4.68 Å². The molecule has 0 saturated heterocycles. The summed E-state index contributed by atoms with van der Waals surface area (Å²) in [7, 11) is 2.04. The number of nitrogens with zero attached hydrogens (tertiary/aromatic N) is 2. The molecular formula is C17H29N3. The molecule has 1 aromatic heterocycles. The summed E-state index contributed by atoms with van der Waals surface area (Å²) >= 11 is 0. The summed E-state index contributed by atoms with van der Waals surface area (Å²) in [5.41, 5.74) is 3.89. The van der Waals surface area contributed by atoms with Crippen LogP contribution in [0.2, 0.25) is 0 Å². The Morgan fingerprint density at radius 1 is 1.10 bits per heavy atom. The van der Waals surface area contributed by atoms with Crippen LogP contribution in [0.15, 0.2) is 0 Å². The van der Waals surface area contributed by atoms with Crippen LogP contribution in [-0.4, -0.2) is 15.8 Å². The normalized spacial score (nSPS) is 30.2. The lowest BCUT2D eigenvalue weighted by atomic mass is 9.69. The molecule has 0 spiro atoms. The molecule has 3 unspecified atom stereocenters. The molecule has 3 heteroatoms. The third-order valence-corrected chi connectivity index (χ3v) is 5.77. The molecule has 20 heavy (non-hydrogen) atoms. The molecule has 1 N–H and O–H groups in total. The highest BCUT2D eigenvalue weighted by Gasteiger charge is 2.31. The van der Waals surface area contributed by atoms with Crippen molar-refractivity contribution in [1.29, 1.82) is 0 Å². The van der Waals surface area contributed by atoms with Crippen LogP contribution in [0.3, 0.4) is 0 Å². The molecule has 3 rings (SSSR count). The highest BCUT2D eigenvalue weighted by molar-refractivity contribution is 5.24. The molecule has 2 fully saturated rings. The maximum atomic E-state index is 4.52. The van der Waals surface area contributed by atoms with Gasteiger partial charge < -0.3 is 5.32 Å². The molecule has 0 aromatic carbocycles. The summed E-state index contributed by atoms with van der Waals surface area (Å²) in [6, 6.07) is 0.730. The molecule has 2 saturated carbocycles. The molecule has 0 aliphatic heterocycles. The lowest BCUT2D eigenvalue weighted by Gasteiger charge is -2.39. The Hall–Kier alpha value is -0.830. The van der Waals surface area contributed by atoms with Gasteiger partial charge in [0, 0.05) is 30.9 Å². The van der Waals surface area contributed by atoms with E-state index in [1.54, 1.807) is 0 Å². The average Bonchev–Trinajstić information content (AvgIpc) is 2.70. The number of aryl methyl sites for hydroxylation is 2. The molecule has 1 heterocycles. The first-order valence-electron chi connectivity index (χ1n) is 8.37. The molecule has 112 valence electrons. The summed E-state index contributed by atoms with van der Waals surface area (Å²) in [6.07, 6.45) is 10.2. The minimum Gasteiger partial charge on any atom is -0.310 e. The molecular weight excluding hydrogens is 246 g/mol. The van der Waals surface area contributed by atoms with Gasteiger partial charge in [-0.1, -0.05) is 25.7 Å². The fraction of sp³-hybridized carbons (Fsp3) is 0.824. The molecule has 0 amide bonds. The highest BCUT2D eigenvalue weighted by Crippen LogP contribution is 2.40. The maximum Gasteiger partial charge on any atom is 0.0641 e. The Labute approximate surface area is 123 Å². The van der Waals surface area contributed by atoms with Crippen LogP contribution in [-0.2, 0) is 13.6 Å². The predicted molar refractivity (Wildman–Crippen MR) is 82.6 cm³/mol. The second kappa shape index (κ2) is 5.88. The van der Waals surface area contributed by atoms with Crippen LogP contribution in [0.25, 0.3) is 0 Å². The van der Waals surface area contributed by atoms with E-state index in [1.165, 1.54) is 61.9 Å². The van der Waals surface area contributed by atoms with Crippen LogP contribution >= 0.6 is 0 Å². The zero-order valence-corrected chi connectivity index (χ0v) is 13.3. The van der Waals surface area contributed by atoms with Gasteiger partial charge in [-0.15, -0.1) is 0 Å². The van der Waals surface area contributed by atoms with Crippen LogP contribution < -0.4 is 5.32 Å². The zero-order chi connectivity index (χ0) is 14.1. The van der Waals surface area contributed by atoms with Crippen molar-refractivity contribution < 1.29 is 0 Å². The van der Waals surface area contributed by atoms with Gasteiger partial charge in [0.1, 0.15) is 0 Å². The van der Waals surface area contributed by atoms with Crippen LogP contribution in [0.1, 0.15) is 61.9 Å². The second-order valence-corrected chi connectivity index (χ2v) is 6.97. The second-order valence-electron chi connectivity index (χ2n) is 6.97. The largest absolute Gasteiger partial charge is 0.310 e. The standard InChI is InChI=1S/C17H29N3/c1-12-17(13(2)20(3)19-12)11-18-16-9-8-14-6-4-5-7-15(14)10-16/h14-16,18H,4-11H2,1-3H3. The number of fused-ring (bicyclic) bond motifs is 1. The first kappa shape index (κ1) is 14.1.